The monoisotopic (exact) mass is 345 g/mol. The van der Waals surface area contributed by atoms with Gasteiger partial charge in [0.25, 0.3) is 0 Å². The topological polar surface area (TPSA) is 110 Å². The van der Waals surface area contributed by atoms with Gasteiger partial charge >= 0.3 is 11.9 Å². The summed E-state index contributed by atoms with van der Waals surface area (Å²) in [4.78, 5) is 18.2. The van der Waals surface area contributed by atoms with Crippen molar-refractivity contribution in [3.05, 3.63) is 65.7 Å². The minimum Gasteiger partial charge on any atom is -0.485 e. The number of nitrogens with two attached hydrogens (primary N) is 1. The molecule has 2 rings (SSSR count). The molecule has 2 aromatic carbocycles. The molecule has 134 valence electrons. The Morgan fingerprint density at radius 2 is 1.52 bits per heavy atom. The summed E-state index contributed by atoms with van der Waals surface area (Å²) in [6.45, 7) is 4.07. The SMILES string of the molecule is Cc1ccccc1OC(CC(C)N)c1ccccc1.O=C(O)C(=O)O. The van der Waals surface area contributed by atoms with Gasteiger partial charge in [-0.25, -0.2) is 9.59 Å². The lowest BCUT2D eigenvalue weighted by atomic mass is 10.0. The Labute approximate surface area is 146 Å². The average Bonchev–Trinajstić information content (AvgIpc) is 2.57. The van der Waals surface area contributed by atoms with E-state index in [2.05, 4.69) is 25.1 Å². The Bertz CT molecular complexity index is 673. The van der Waals surface area contributed by atoms with Crippen LogP contribution in [-0.2, 0) is 9.59 Å². The molecule has 2 aromatic rings. The number of hydrogen-bond donors (Lipinski definition) is 3. The quantitative estimate of drug-likeness (QED) is 0.719. The number of aliphatic carboxylic acids is 2. The molecule has 0 aliphatic carbocycles. The van der Waals surface area contributed by atoms with Crippen molar-refractivity contribution in [2.45, 2.75) is 32.4 Å². The highest BCUT2D eigenvalue weighted by atomic mass is 16.5. The highest BCUT2D eigenvalue weighted by Crippen LogP contribution is 2.27. The Morgan fingerprint density at radius 1 is 1.00 bits per heavy atom. The summed E-state index contributed by atoms with van der Waals surface area (Å²) >= 11 is 0. The second-order valence-corrected chi connectivity index (χ2v) is 5.61. The molecule has 0 saturated carbocycles. The lowest BCUT2D eigenvalue weighted by Gasteiger charge is -2.22. The fraction of sp³-hybridized carbons (Fsp3) is 0.263. The minimum absolute atomic E-state index is 0.00213. The normalized spacial score (nSPS) is 12.3. The Morgan fingerprint density at radius 3 is 2.00 bits per heavy atom. The third kappa shape index (κ3) is 7.50. The van der Waals surface area contributed by atoms with Crippen molar-refractivity contribution in [3.63, 3.8) is 0 Å². The number of carboxylic acid groups (broad SMARTS) is 2. The first-order valence-corrected chi connectivity index (χ1v) is 7.80. The van der Waals surface area contributed by atoms with Crippen LogP contribution in [0.25, 0.3) is 0 Å². The zero-order valence-corrected chi connectivity index (χ0v) is 14.3. The molecular weight excluding hydrogens is 322 g/mol. The smallest absolute Gasteiger partial charge is 0.414 e. The van der Waals surface area contributed by atoms with Gasteiger partial charge in [-0.15, -0.1) is 0 Å². The first-order chi connectivity index (χ1) is 11.8. The van der Waals surface area contributed by atoms with E-state index in [0.717, 1.165) is 17.7 Å². The van der Waals surface area contributed by atoms with Gasteiger partial charge in [0.15, 0.2) is 0 Å². The highest BCUT2D eigenvalue weighted by molar-refractivity contribution is 6.27. The fourth-order valence-electron chi connectivity index (χ4n) is 2.10. The summed E-state index contributed by atoms with van der Waals surface area (Å²) in [5.74, 6) is -2.72. The third-order valence-corrected chi connectivity index (χ3v) is 3.30. The van der Waals surface area contributed by atoms with Crippen LogP contribution in [-0.4, -0.2) is 28.2 Å². The van der Waals surface area contributed by atoms with Crippen LogP contribution in [0, 0.1) is 6.92 Å². The molecule has 6 nitrogen and oxygen atoms in total. The number of benzene rings is 2. The molecule has 0 amide bonds. The molecular formula is C19H23NO5. The number of aryl methyl sites for hydroxylation is 1. The molecule has 0 aliphatic rings. The molecule has 0 aliphatic heterocycles. The van der Waals surface area contributed by atoms with Gasteiger partial charge in [-0.1, -0.05) is 48.5 Å². The number of carboxylic acids is 2. The van der Waals surface area contributed by atoms with E-state index >= 15 is 0 Å². The number of ether oxygens (including phenoxy) is 1. The minimum atomic E-state index is -1.82. The maximum atomic E-state index is 9.10. The number of carbonyl (C=O) groups is 2. The van der Waals surface area contributed by atoms with Gasteiger partial charge in [0.1, 0.15) is 11.9 Å². The number of rotatable bonds is 5. The van der Waals surface area contributed by atoms with Crippen molar-refractivity contribution in [2.75, 3.05) is 0 Å². The van der Waals surface area contributed by atoms with Gasteiger partial charge in [0.05, 0.1) is 0 Å². The van der Waals surface area contributed by atoms with Crippen LogP contribution in [0.2, 0.25) is 0 Å². The summed E-state index contributed by atoms with van der Waals surface area (Å²) < 4.78 is 6.16. The van der Waals surface area contributed by atoms with Crippen LogP contribution in [0.15, 0.2) is 54.6 Å². The molecule has 0 heterocycles. The summed E-state index contributed by atoms with van der Waals surface area (Å²) in [5.41, 5.74) is 8.26. The van der Waals surface area contributed by atoms with Crippen molar-refractivity contribution in [2.24, 2.45) is 5.73 Å². The average molecular weight is 345 g/mol. The van der Waals surface area contributed by atoms with E-state index in [1.54, 1.807) is 0 Å². The molecule has 2 unspecified atom stereocenters. The van der Waals surface area contributed by atoms with E-state index in [1.807, 2.05) is 43.3 Å². The zero-order valence-electron chi connectivity index (χ0n) is 14.3. The Hall–Kier alpha value is -2.86. The second-order valence-electron chi connectivity index (χ2n) is 5.61. The first-order valence-electron chi connectivity index (χ1n) is 7.80. The van der Waals surface area contributed by atoms with E-state index in [0.29, 0.717) is 0 Å². The largest absolute Gasteiger partial charge is 0.485 e. The highest BCUT2D eigenvalue weighted by Gasteiger charge is 2.16. The lowest BCUT2D eigenvalue weighted by molar-refractivity contribution is -0.159. The van der Waals surface area contributed by atoms with E-state index in [4.69, 9.17) is 30.3 Å². The summed E-state index contributed by atoms with van der Waals surface area (Å²) in [6, 6.07) is 18.4. The molecule has 0 radical (unpaired) electrons. The van der Waals surface area contributed by atoms with Gasteiger partial charge in [-0.05, 0) is 31.0 Å². The molecule has 0 aromatic heterocycles. The van der Waals surface area contributed by atoms with Crippen LogP contribution >= 0.6 is 0 Å². The maximum Gasteiger partial charge on any atom is 0.414 e. The van der Waals surface area contributed by atoms with Gasteiger partial charge in [0, 0.05) is 12.5 Å². The first kappa shape index (κ1) is 20.2. The second kappa shape index (κ2) is 10.1. The Balaban J connectivity index is 0.000000450. The molecule has 0 saturated heterocycles. The summed E-state index contributed by atoms with van der Waals surface area (Å²) in [5, 5.41) is 14.8. The molecule has 0 fully saturated rings. The van der Waals surface area contributed by atoms with Crippen molar-refractivity contribution in [3.8, 4) is 5.75 Å². The van der Waals surface area contributed by atoms with Crippen molar-refractivity contribution < 1.29 is 24.5 Å². The van der Waals surface area contributed by atoms with Gasteiger partial charge < -0.3 is 20.7 Å². The standard InChI is InChI=1S/C17H21NO.C2H2O4/c1-13-8-6-7-11-16(13)19-17(12-14(2)18)15-9-4-3-5-10-15;3-1(4)2(5)6/h3-11,14,17H,12,18H2,1-2H3;(H,3,4)(H,5,6). The van der Waals surface area contributed by atoms with Crippen molar-refractivity contribution in [1.29, 1.82) is 0 Å². The predicted octanol–water partition coefficient (Wildman–Crippen LogP) is 3.01. The molecule has 6 heteroatoms. The number of hydrogen-bond acceptors (Lipinski definition) is 4. The van der Waals surface area contributed by atoms with Gasteiger partial charge in [0.2, 0.25) is 0 Å². The van der Waals surface area contributed by atoms with Gasteiger partial charge in [-0.3, -0.25) is 0 Å². The van der Waals surface area contributed by atoms with Gasteiger partial charge in [-0.2, -0.15) is 0 Å². The fourth-order valence-corrected chi connectivity index (χ4v) is 2.10. The van der Waals surface area contributed by atoms with E-state index < -0.39 is 11.9 Å². The predicted molar refractivity (Wildman–Crippen MR) is 94.5 cm³/mol. The van der Waals surface area contributed by atoms with E-state index in [9.17, 15) is 0 Å². The molecule has 0 spiro atoms. The van der Waals surface area contributed by atoms with Crippen LogP contribution in [0.3, 0.4) is 0 Å². The van der Waals surface area contributed by atoms with E-state index in [-0.39, 0.29) is 12.1 Å². The summed E-state index contributed by atoms with van der Waals surface area (Å²) in [7, 11) is 0. The summed E-state index contributed by atoms with van der Waals surface area (Å²) in [6.07, 6.45) is 0.806. The molecule has 0 bridgehead atoms. The molecule has 2 atom stereocenters. The lowest BCUT2D eigenvalue weighted by Crippen LogP contribution is -2.21. The Kier molecular flexibility index (Phi) is 8.15. The van der Waals surface area contributed by atoms with Crippen LogP contribution < -0.4 is 10.5 Å². The van der Waals surface area contributed by atoms with Crippen LogP contribution in [0.4, 0.5) is 0 Å². The zero-order chi connectivity index (χ0) is 18.8. The number of para-hydroxylation sites is 1. The van der Waals surface area contributed by atoms with E-state index in [1.165, 1.54) is 5.56 Å². The third-order valence-electron chi connectivity index (χ3n) is 3.30. The van der Waals surface area contributed by atoms with Crippen LogP contribution in [0.5, 0.6) is 5.75 Å². The maximum absolute atomic E-state index is 9.10. The molecule has 4 N–H and O–H groups in total. The van der Waals surface area contributed by atoms with Crippen molar-refractivity contribution in [1.82, 2.24) is 0 Å². The van der Waals surface area contributed by atoms with Crippen molar-refractivity contribution >= 4 is 11.9 Å². The van der Waals surface area contributed by atoms with Crippen LogP contribution in [0.1, 0.15) is 30.6 Å². The molecule has 25 heavy (non-hydrogen) atoms.